The van der Waals surface area contributed by atoms with Crippen LogP contribution in [0.5, 0.6) is 5.75 Å². The summed E-state index contributed by atoms with van der Waals surface area (Å²) in [6.07, 6.45) is 2.41. The number of carbonyl (C=O) groups excluding carboxylic acids is 2. The molecule has 0 unspecified atom stereocenters. The highest BCUT2D eigenvalue weighted by Gasteiger charge is 2.22. The van der Waals surface area contributed by atoms with Gasteiger partial charge in [-0.15, -0.1) is 0 Å². The van der Waals surface area contributed by atoms with Gasteiger partial charge in [-0.25, -0.2) is 0 Å². The van der Waals surface area contributed by atoms with Crippen LogP contribution in [0, 0.1) is 13.8 Å². The lowest BCUT2D eigenvalue weighted by atomic mass is 10.1. The minimum absolute atomic E-state index is 0.402. The summed E-state index contributed by atoms with van der Waals surface area (Å²) < 4.78 is 7.47. The van der Waals surface area contributed by atoms with Crippen LogP contribution in [0.15, 0.2) is 36.5 Å². The van der Waals surface area contributed by atoms with E-state index in [0.29, 0.717) is 25.3 Å². The molecule has 0 saturated carbocycles. The number of Topliss-reactive ketones (excluding diaryl/α,β-unsaturated/α-hetero) is 1. The lowest BCUT2D eigenvalue weighted by Crippen LogP contribution is -2.35. The molecule has 1 heterocycles. The van der Waals surface area contributed by atoms with Crippen LogP contribution < -0.4 is 4.74 Å². The number of benzene rings is 1. The summed E-state index contributed by atoms with van der Waals surface area (Å²) >= 11 is 0. The van der Waals surface area contributed by atoms with Crippen molar-refractivity contribution in [2.24, 2.45) is 7.05 Å². The number of ketones is 1. The normalized spacial score (nSPS) is 10.5. The lowest BCUT2D eigenvalue weighted by molar-refractivity contribution is -0.125. The van der Waals surface area contributed by atoms with Gasteiger partial charge in [-0.05, 0) is 43.5 Å². The molecule has 1 aromatic heterocycles. The Morgan fingerprint density at radius 1 is 1.12 bits per heavy atom. The van der Waals surface area contributed by atoms with Crippen molar-refractivity contribution in [2.45, 2.75) is 20.3 Å². The van der Waals surface area contributed by atoms with Crippen LogP contribution >= 0.6 is 0 Å². The fourth-order valence-corrected chi connectivity index (χ4v) is 2.58. The van der Waals surface area contributed by atoms with Crippen molar-refractivity contribution in [3.05, 3.63) is 53.3 Å². The molecule has 0 aliphatic rings. The van der Waals surface area contributed by atoms with E-state index in [-0.39, 0.29) is 0 Å². The molecule has 128 valence electrons. The van der Waals surface area contributed by atoms with Crippen molar-refractivity contribution in [1.29, 1.82) is 0 Å². The third-order valence-corrected chi connectivity index (χ3v) is 4.01. The minimum Gasteiger partial charge on any atom is -0.493 e. The molecule has 1 aromatic carbocycles. The molecule has 2 aromatic rings. The SMILES string of the molecule is Cc1cccc(C)c1OCCCN(C)C(=O)C(=O)c1cccn1C. The van der Waals surface area contributed by atoms with Crippen LogP contribution in [0.1, 0.15) is 28.0 Å². The van der Waals surface area contributed by atoms with Crippen LogP contribution in [0.3, 0.4) is 0 Å². The number of nitrogens with zero attached hydrogens (tertiary/aromatic N) is 2. The average Bonchev–Trinajstić information content (AvgIpc) is 2.98. The Hall–Kier alpha value is -2.56. The summed E-state index contributed by atoms with van der Waals surface area (Å²) in [7, 11) is 3.39. The molecule has 0 radical (unpaired) electrons. The van der Waals surface area contributed by atoms with Gasteiger partial charge >= 0.3 is 0 Å². The van der Waals surface area contributed by atoms with Gasteiger partial charge in [-0.3, -0.25) is 9.59 Å². The molecule has 0 bridgehead atoms. The summed E-state index contributed by atoms with van der Waals surface area (Å²) in [5.41, 5.74) is 2.59. The molecule has 0 atom stereocenters. The second-order valence-electron chi connectivity index (χ2n) is 5.98. The predicted octanol–water partition coefficient (Wildman–Crippen LogP) is 2.75. The Balaban J connectivity index is 1.83. The molecule has 0 aliphatic heterocycles. The molecule has 0 saturated heterocycles. The third-order valence-electron chi connectivity index (χ3n) is 4.01. The molecule has 5 nitrogen and oxygen atoms in total. The van der Waals surface area contributed by atoms with Crippen molar-refractivity contribution in [3.8, 4) is 5.75 Å². The predicted molar refractivity (Wildman–Crippen MR) is 93.4 cm³/mol. The molecule has 5 heteroatoms. The minimum atomic E-state index is -0.496. The molecule has 0 N–H and O–H groups in total. The number of rotatable bonds is 7. The van der Waals surface area contributed by atoms with E-state index in [0.717, 1.165) is 16.9 Å². The molecular formula is C19H24N2O3. The number of para-hydroxylation sites is 1. The largest absolute Gasteiger partial charge is 0.493 e. The van der Waals surface area contributed by atoms with Crippen LogP contribution in [0.4, 0.5) is 0 Å². The number of hydrogen-bond donors (Lipinski definition) is 0. The van der Waals surface area contributed by atoms with Gasteiger partial charge < -0.3 is 14.2 Å². The highest BCUT2D eigenvalue weighted by Crippen LogP contribution is 2.22. The van der Waals surface area contributed by atoms with Gasteiger partial charge in [0.1, 0.15) is 5.75 Å². The summed E-state index contributed by atoms with van der Waals surface area (Å²) in [6, 6.07) is 9.42. The van der Waals surface area contributed by atoms with Gasteiger partial charge in [0, 0.05) is 26.8 Å². The van der Waals surface area contributed by atoms with Gasteiger partial charge in [0.05, 0.1) is 12.3 Å². The van der Waals surface area contributed by atoms with Gasteiger partial charge in [0.2, 0.25) is 0 Å². The standard InChI is InChI=1S/C19H24N2O3/c1-14-8-5-9-15(2)18(14)24-13-7-12-21(4)19(23)17(22)16-10-6-11-20(16)3/h5-6,8-11H,7,12-13H2,1-4H3. The second kappa shape index (κ2) is 7.81. The summed E-state index contributed by atoms with van der Waals surface area (Å²) in [6.45, 7) is 4.99. The van der Waals surface area contributed by atoms with Crippen molar-refractivity contribution < 1.29 is 14.3 Å². The summed E-state index contributed by atoms with van der Waals surface area (Å²) in [4.78, 5) is 25.8. The van der Waals surface area contributed by atoms with E-state index in [1.807, 2.05) is 32.0 Å². The maximum atomic E-state index is 12.2. The Kier molecular flexibility index (Phi) is 5.79. The zero-order valence-corrected chi connectivity index (χ0v) is 14.7. The summed E-state index contributed by atoms with van der Waals surface area (Å²) in [5, 5.41) is 0. The number of aromatic nitrogens is 1. The first-order chi connectivity index (χ1) is 11.4. The molecule has 1 amide bonds. The van der Waals surface area contributed by atoms with Gasteiger partial charge in [-0.2, -0.15) is 0 Å². The molecule has 0 fully saturated rings. The maximum absolute atomic E-state index is 12.2. The Labute approximate surface area is 142 Å². The smallest absolute Gasteiger partial charge is 0.296 e. The molecule has 2 rings (SSSR count). The van der Waals surface area contributed by atoms with Gasteiger partial charge in [0.25, 0.3) is 11.7 Å². The Morgan fingerprint density at radius 3 is 2.38 bits per heavy atom. The number of hydrogen-bond acceptors (Lipinski definition) is 3. The molecule has 0 aliphatic carbocycles. The highest BCUT2D eigenvalue weighted by atomic mass is 16.5. The first-order valence-electron chi connectivity index (χ1n) is 8.02. The van der Waals surface area contributed by atoms with Crippen molar-refractivity contribution in [1.82, 2.24) is 9.47 Å². The van der Waals surface area contributed by atoms with Crippen molar-refractivity contribution >= 4 is 11.7 Å². The molecule has 24 heavy (non-hydrogen) atoms. The quantitative estimate of drug-likeness (QED) is 0.446. The van der Waals surface area contributed by atoms with Crippen molar-refractivity contribution in [3.63, 3.8) is 0 Å². The average molecular weight is 328 g/mol. The number of likely N-dealkylation sites (N-methyl/N-ethyl adjacent to an activating group) is 1. The molecule has 0 spiro atoms. The highest BCUT2D eigenvalue weighted by molar-refractivity contribution is 6.42. The second-order valence-corrected chi connectivity index (χ2v) is 5.98. The van der Waals surface area contributed by atoms with Gasteiger partial charge in [0.15, 0.2) is 0 Å². The zero-order chi connectivity index (χ0) is 17.7. The number of ether oxygens (including phenoxy) is 1. The van der Waals surface area contributed by atoms with E-state index >= 15 is 0 Å². The van der Waals surface area contributed by atoms with E-state index in [1.165, 1.54) is 4.90 Å². The van der Waals surface area contributed by atoms with E-state index in [4.69, 9.17) is 4.74 Å². The first kappa shape index (κ1) is 17.8. The number of aryl methyl sites for hydroxylation is 3. The van der Waals surface area contributed by atoms with Crippen LogP contribution in [-0.2, 0) is 11.8 Å². The monoisotopic (exact) mass is 328 g/mol. The van der Waals surface area contributed by atoms with Gasteiger partial charge in [-0.1, -0.05) is 18.2 Å². The van der Waals surface area contributed by atoms with Crippen molar-refractivity contribution in [2.75, 3.05) is 20.2 Å². The van der Waals surface area contributed by atoms with E-state index in [9.17, 15) is 9.59 Å². The fraction of sp³-hybridized carbons (Fsp3) is 0.368. The van der Waals surface area contributed by atoms with Crippen LogP contribution in [0.2, 0.25) is 0 Å². The van der Waals surface area contributed by atoms with Crippen LogP contribution in [-0.4, -0.2) is 41.4 Å². The third kappa shape index (κ3) is 4.04. The topological polar surface area (TPSA) is 51.5 Å². The number of carbonyl (C=O) groups is 2. The number of amides is 1. The van der Waals surface area contributed by atoms with E-state index in [2.05, 4.69) is 0 Å². The lowest BCUT2D eigenvalue weighted by Gasteiger charge is -2.17. The Morgan fingerprint density at radius 2 is 1.79 bits per heavy atom. The van der Waals surface area contributed by atoms with E-state index in [1.54, 1.807) is 37.0 Å². The molecular weight excluding hydrogens is 304 g/mol. The zero-order valence-electron chi connectivity index (χ0n) is 14.7. The Bertz CT molecular complexity index is 714. The fourth-order valence-electron chi connectivity index (χ4n) is 2.58. The summed E-state index contributed by atoms with van der Waals surface area (Å²) in [5.74, 6) is -0.0871. The first-order valence-corrected chi connectivity index (χ1v) is 8.02. The van der Waals surface area contributed by atoms with E-state index < -0.39 is 11.7 Å². The maximum Gasteiger partial charge on any atom is 0.296 e. The van der Waals surface area contributed by atoms with Crippen LogP contribution in [0.25, 0.3) is 0 Å².